The van der Waals surface area contributed by atoms with E-state index in [1.165, 1.54) is 0 Å². The van der Waals surface area contributed by atoms with Gasteiger partial charge in [-0.1, -0.05) is 13.3 Å². The molecule has 0 saturated heterocycles. The lowest BCUT2D eigenvalue weighted by atomic mass is 9.96. The van der Waals surface area contributed by atoms with Gasteiger partial charge in [-0.15, -0.1) is 0 Å². The first-order valence-corrected chi connectivity index (χ1v) is 7.12. The number of carbonyl (C=O) groups excluding carboxylic acids is 1. The van der Waals surface area contributed by atoms with Gasteiger partial charge in [-0.3, -0.25) is 19.7 Å². The Morgan fingerprint density at radius 1 is 1.25 bits per heavy atom. The number of nitrogens with one attached hydrogen (secondary N) is 1. The molecule has 5 nitrogen and oxygen atoms in total. The van der Waals surface area contributed by atoms with Gasteiger partial charge in [0.15, 0.2) is 0 Å². The predicted octanol–water partition coefficient (Wildman–Crippen LogP) is 2.31. The molecular formula is C15H22N2O3. The Labute approximate surface area is 118 Å². The molecule has 0 aliphatic heterocycles. The third-order valence-corrected chi connectivity index (χ3v) is 4.38. The van der Waals surface area contributed by atoms with Crippen molar-refractivity contribution in [1.29, 1.82) is 0 Å². The van der Waals surface area contributed by atoms with Crippen LogP contribution in [0.4, 0.5) is 0 Å². The number of aromatic nitrogens is 1. The molecule has 0 radical (unpaired) electrons. The number of carbonyl (C=O) groups is 2. The first kappa shape index (κ1) is 14.6. The molecule has 110 valence electrons. The van der Waals surface area contributed by atoms with Gasteiger partial charge in [0.25, 0.3) is 0 Å². The molecule has 1 aromatic rings. The third kappa shape index (κ3) is 2.71. The number of nitrogens with zero attached hydrogens (tertiary/aromatic N) is 1. The van der Waals surface area contributed by atoms with Crippen LogP contribution in [0.1, 0.15) is 37.6 Å². The Kier molecular flexibility index (Phi) is 4.16. The summed E-state index contributed by atoms with van der Waals surface area (Å²) in [6, 6.07) is 3.85. The molecule has 0 aromatic carbocycles. The summed E-state index contributed by atoms with van der Waals surface area (Å²) in [6.07, 6.45) is 2.20. The molecule has 1 saturated carbocycles. The van der Waals surface area contributed by atoms with Crippen LogP contribution in [0.2, 0.25) is 0 Å². The van der Waals surface area contributed by atoms with Crippen molar-refractivity contribution in [3.05, 3.63) is 23.5 Å². The number of carboxylic acids is 1. The summed E-state index contributed by atoms with van der Waals surface area (Å²) in [5, 5.41) is 9.29. The normalized spacial score (nSPS) is 25.6. The molecule has 0 bridgehead atoms. The summed E-state index contributed by atoms with van der Waals surface area (Å²) in [5.41, 5.74) is 4.72. The van der Waals surface area contributed by atoms with Crippen molar-refractivity contribution >= 4 is 11.9 Å². The number of carboxylic acid groups (broad SMARTS) is 1. The minimum atomic E-state index is -0.859. The first-order valence-electron chi connectivity index (χ1n) is 7.12. The summed E-state index contributed by atoms with van der Waals surface area (Å²) in [6.45, 7) is 5.86. The average molecular weight is 278 g/mol. The van der Waals surface area contributed by atoms with E-state index in [4.69, 9.17) is 0 Å². The monoisotopic (exact) mass is 278 g/mol. The summed E-state index contributed by atoms with van der Waals surface area (Å²) >= 11 is 0. The second-order valence-corrected chi connectivity index (χ2v) is 5.72. The largest absolute Gasteiger partial charge is 0.481 e. The summed E-state index contributed by atoms with van der Waals surface area (Å²) in [4.78, 5) is 23.7. The van der Waals surface area contributed by atoms with Crippen molar-refractivity contribution < 1.29 is 14.7 Å². The van der Waals surface area contributed by atoms with Crippen LogP contribution < -0.4 is 5.43 Å². The van der Waals surface area contributed by atoms with E-state index in [1.54, 1.807) is 4.68 Å². The number of hydrogen-bond donors (Lipinski definition) is 2. The zero-order valence-corrected chi connectivity index (χ0v) is 12.2. The van der Waals surface area contributed by atoms with E-state index in [0.29, 0.717) is 18.8 Å². The van der Waals surface area contributed by atoms with E-state index in [9.17, 15) is 14.7 Å². The lowest BCUT2D eigenvalue weighted by molar-refractivity contribution is -0.145. The van der Waals surface area contributed by atoms with Crippen molar-refractivity contribution in [2.24, 2.45) is 17.8 Å². The Hall–Kier alpha value is -1.78. The molecule has 1 aliphatic carbocycles. The maximum Gasteiger partial charge on any atom is 0.307 e. The van der Waals surface area contributed by atoms with Crippen LogP contribution in [0.15, 0.2) is 12.1 Å². The fraction of sp³-hybridized carbons (Fsp3) is 0.600. The van der Waals surface area contributed by atoms with Crippen LogP contribution >= 0.6 is 0 Å². The van der Waals surface area contributed by atoms with Crippen LogP contribution in [-0.4, -0.2) is 21.7 Å². The van der Waals surface area contributed by atoms with Gasteiger partial charge in [0.05, 0.1) is 11.8 Å². The van der Waals surface area contributed by atoms with E-state index in [1.807, 2.05) is 32.9 Å². The van der Waals surface area contributed by atoms with Gasteiger partial charge in [0, 0.05) is 11.4 Å². The van der Waals surface area contributed by atoms with Crippen LogP contribution in [0.25, 0.3) is 0 Å². The standard InChI is InChI=1S/C15H22N2O3/c1-4-11-7-12(13(8-11)15(19)20)14(18)16-17-9(2)5-6-10(17)3/h5-6,11-13H,4,7-8H2,1-3H3,(H,16,18)(H,19,20)/t11?,12-,13+/m0/s1. The minimum Gasteiger partial charge on any atom is -0.481 e. The topological polar surface area (TPSA) is 71.3 Å². The maximum absolute atomic E-state index is 12.4. The molecule has 3 atom stereocenters. The van der Waals surface area contributed by atoms with Gasteiger partial charge in [-0.05, 0) is 44.7 Å². The summed E-state index contributed by atoms with van der Waals surface area (Å²) in [7, 11) is 0. The molecule has 2 N–H and O–H groups in total. The van der Waals surface area contributed by atoms with E-state index in [2.05, 4.69) is 5.43 Å². The molecule has 5 heteroatoms. The summed E-state index contributed by atoms with van der Waals surface area (Å²) in [5.74, 6) is -1.70. The number of hydrogen-bond acceptors (Lipinski definition) is 2. The first-order chi connectivity index (χ1) is 9.43. The highest BCUT2D eigenvalue weighted by Gasteiger charge is 2.42. The summed E-state index contributed by atoms with van der Waals surface area (Å²) < 4.78 is 1.72. The molecule has 1 heterocycles. The fourth-order valence-corrected chi connectivity index (χ4v) is 3.08. The fourth-order valence-electron chi connectivity index (χ4n) is 3.08. The third-order valence-electron chi connectivity index (χ3n) is 4.38. The number of rotatable bonds is 4. The SMILES string of the molecule is CCC1C[C@H](C(=O)Nn2c(C)ccc2C)[C@H](C(=O)O)C1. The Morgan fingerprint density at radius 2 is 1.80 bits per heavy atom. The van der Waals surface area contributed by atoms with Crippen molar-refractivity contribution in [3.8, 4) is 0 Å². The predicted molar refractivity (Wildman–Crippen MR) is 75.9 cm³/mol. The number of amides is 1. The van der Waals surface area contributed by atoms with Gasteiger partial charge >= 0.3 is 5.97 Å². The Morgan fingerprint density at radius 3 is 2.30 bits per heavy atom. The highest BCUT2D eigenvalue weighted by molar-refractivity contribution is 5.90. The van der Waals surface area contributed by atoms with E-state index in [0.717, 1.165) is 17.8 Å². The molecule has 20 heavy (non-hydrogen) atoms. The van der Waals surface area contributed by atoms with E-state index < -0.39 is 17.8 Å². The lowest BCUT2D eigenvalue weighted by Gasteiger charge is -2.18. The lowest BCUT2D eigenvalue weighted by Crippen LogP contribution is -2.35. The van der Waals surface area contributed by atoms with Crippen LogP contribution in [0, 0.1) is 31.6 Å². The van der Waals surface area contributed by atoms with Gasteiger partial charge in [0.1, 0.15) is 0 Å². The molecular weight excluding hydrogens is 256 g/mol. The average Bonchev–Trinajstić information content (AvgIpc) is 2.97. The van der Waals surface area contributed by atoms with E-state index in [-0.39, 0.29) is 5.91 Å². The van der Waals surface area contributed by atoms with Crippen LogP contribution in [-0.2, 0) is 9.59 Å². The smallest absolute Gasteiger partial charge is 0.307 e. The van der Waals surface area contributed by atoms with Gasteiger partial charge in [-0.2, -0.15) is 0 Å². The van der Waals surface area contributed by atoms with Gasteiger partial charge in [0.2, 0.25) is 5.91 Å². The zero-order chi connectivity index (χ0) is 14.9. The Balaban J connectivity index is 2.13. The van der Waals surface area contributed by atoms with Crippen molar-refractivity contribution in [2.75, 3.05) is 5.43 Å². The quantitative estimate of drug-likeness (QED) is 0.887. The van der Waals surface area contributed by atoms with E-state index >= 15 is 0 Å². The molecule has 1 aliphatic rings. The van der Waals surface area contributed by atoms with Crippen molar-refractivity contribution in [3.63, 3.8) is 0 Å². The minimum absolute atomic E-state index is 0.184. The van der Waals surface area contributed by atoms with Crippen LogP contribution in [0.3, 0.4) is 0 Å². The van der Waals surface area contributed by atoms with Gasteiger partial charge < -0.3 is 5.11 Å². The Bertz CT molecular complexity index is 502. The second kappa shape index (κ2) is 5.69. The molecule has 0 spiro atoms. The molecule has 1 unspecified atom stereocenters. The number of aryl methyl sites for hydroxylation is 2. The molecule has 2 rings (SSSR count). The van der Waals surface area contributed by atoms with Crippen LogP contribution in [0.5, 0.6) is 0 Å². The highest BCUT2D eigenvalue weighted by atomic mass is 16.4. The van der Waals surface area contributed by atoms with Gasteiger partial charge in [-0.25, -0.2) is 0 Å². The van der Waals surface area contributed by atoms with Crippen molar-refractivity contribution in [1.82, 2.24) is 4.68 Å². The maximum atomic E-state index is 12.4. The molecule has 1 aromatic heterocycles. The highest BCUT2D eigenvalue weighted by Crippen LogP contribution is 2.38. The molecule has 1 amide bonds. The second-order valence-electron chi connectivity index (χ2n) is 5.72. The zero-order valence-electron chi connectivity index (χ0n) is 12.2. The molecule has 1 fully saturated rings. The number of aliphatic carboxylic acids is 1. The van der Waals surface area contributed by atoms with Crippen molar-refractivity contribution in [2.45, 2.75) is 40.0 Å².